The normalized spacial score (nSPS) is 10.6. The number of carbonyl (C=O) groups is 1. The Morgan fingerprint density at radius 1 is 1.24 bits per heavy atom. The van der Waals surface area contributed by atoms with Crippen LogP contribution in [0.15, 0.2) is 69.4 Å². The number of carbonyl (C=O) groups excluding carboxylic acids is 1. The fourth-order valence-corrected chi connectivity index (χ4v) is 3.38. The average Bonchev–Trinajstić information content (AvgIpc) is 3.00. The minimum atomic E-state index is -0.506. The van der Waals surface area contributed by atoms with Gasteiger partial charge in [0.05, 0.1) is 4.92 Å². The molecular formula is C17H12BrN3O3S. The molecule has 0 saturated carbocycles. The van der Waals surface area contributed by atoms with Gasteiger partial charge in [0.25, 0.3) is 5.69 Å². The largest absolute Gasteiger partial charge is 0.329 e. The van der Waals surface area contributed by atoms with Crippen molar-refractivity contribution in [1.29, 1.82) is 0 Å². The summed E-state index contributed by atoms with van der Waals surface area (Å²) in [6.45, 7) is 0. The Balaban J connectivity index is 2.06. The summed E-state index contributed by atoms with van der Waals surface area (Å²) in [6, 6.07) is 11.2. The number of ketones is 1. The van der Waals surface area contributed by atoms with Crippen LogP contribution < -0.4 is 0 Å². The minimum absolute atomic E-state index is 0.121. The number of rotatable bonds is 5. The number of hydrogen-bond acceptors (Lipinski definition) is 5. The summed E-state index contributed by atoms with van der Waals surface area (Å²) < 4.78 is 2.67. The number of imidazole rings is 1. The number of nitrogens with zero attached hydrogens (tertiary/aromatic N) is 3. The Labute approximate surface area is 156 Å². The van der Waals surface area contributed by atoms with E-state index in [1.165, 1.54) is 23.9 Å². The molecule has 0 saturated heterocycles. The van der Waals surface area contributed by atoms with E-state index in [1.54, 1.807) is 42.7 Å². The van der Waals surface area contributed by atoms with Gasteiger partial charge in [0, 0.05) is 52.1 Å². The number of nitro benzene ring substituents is 1. The van der Waals surface area contributed by atoms with E-state index in [2.05, 4.69) is 20.9 Å². The van der Waals surface area contributed by atoms with Crippen LogP contribution in [-0.4, -0.2) is 20.3 Å². The van der Waals surface area contributed by atoms with Crippen LogP contribution in [0.5, 0.6) is 0 Å². The molecule has 3 rings (SSSR count). The highest BCUT2D eigenvalue weighted by molar-refractivity contribution is 9.10. The molecule has 1 aromatic heterocycles. The molecule has 1 heterocycles. The van der Waals surface area contributed by atoms with Gasteiger partial charge in [-0.15, -0.1) is 0 Å². The molecule has 0 radical (unpaired) electrons. The Morgan fingerprint density at radius 3 is 2.56 bits per heavy atom. The summed E-state index contributed by atoms with van der Waals surface area (Å²) in [7, 11) is 1.84. The van der Waals surface area contributed by atoms with Gasteiger partial charge in [-0.2, -0.15) is 0 Å². The Bertz CT molecular complexity index is 954. The minimum Gasteiger partial charge on any atom is -0.329 e. The summed E-state index contributed by atoms with van der Waals surface area (Å²) in [4.78, 5) is 28.3. The van der Waals surface area contributed by atoms with Crippen molar-refractivity contribution in [2.24, 2.45) is 7.05 Å². The van der Waals surface area contributed by atoms with Crippen molar-refractivity contribution >= 4 is 39.2 Å². The number of benzene rings is 2. The molecule has 0 N–H and O–H groups in total. The van der Waals surface area contributed by atoms with E-state index in [0.29, 0.717) is 15.6 Å². The van der Waals surface area contributed by atoms with Gasteiger partial charge in [-0.25, -0.2) is 4.98 Å². The lowest BCUT2D eigenvalue weighted by atomic mass is 10.0. The summed E-state index contributed by atoms with van der Waals surface area (Å²) >= 11 is 4.62. The number of non-ortho nitro benzene ring substituents is 1. The molecule has 0 spiro atoms. The predicted molar refractivity (Wildman–Crippen MR) is 98.0 cm³/mol. The first-order valence-electron chi connectivity index (χ1n) is 7.19. The molecule has 0 aliphatic carbocycles. The van der Waals surface area contributed by atoms with Crippen molar-refractivity contribution in [3.8, 4) is 0 Å². The molecule has 0 aliphatic heterocycles. The maximum absolute atomic E-state index is 12.9. The van der Waals surface area contributed by atoms with Gasteiger partial charge >= 0.3 is 0 Å². The average molecular weight is 418 g/mol. The van der Waals surface area contributed by atoms with Gasteiger partial charge < -0.3 is 4.57 Å². The molecule has 8 heteroatoms. The molecule has 0 aliphatic rings. The lowest BCUT2D eigenvalue weighted by Gasteiger charge is -2.09. The third kappa shape index (κ3) is 3.80. The van der Waals surface area contributed by atoms with Crippen molar-refractivity contribution in [3.05, 3.63) is 80.6 Å². The fourth-order valence-electron chi connectivity index (χ4n) is 2.20. The van der Waals surface area contributed by atoms with Crippen molar-refractivity contribution < 1.29 is 9.72 Å². The third-order valence-electron chi connectivity index (χ3n) is 3.50. The highest BCUT2D eigenvalue weighted by atomic mass is 79.9. The monoisotopic (exact) mass is 417 g/mol. The van der Waals surface area contributed by atoms with Crippen LogP contribution in [0.4, 0.5) is 5.69 Å². The van der Waals surface area contributed by atoms with E-state index in [9.17, 15) is 14.9 Å². The SMILES string of the molecule is Cn1ccnc1Sc1ccc([N+](=O)[O-])cc1C(=O)c1ccc(Br)cc1. The quantitative estimate of drug-likeness (QED) is 0.347. The number of halogens is 1. The van der Waals surface area contributed by atoms with Gasteiger partial charge in [0.2, 0.25) is 0 Å². The van der Waals surface area contributed by atoms with Gasteiger partial charge in [-0.3, -0.25) is 14.9 Å². The zero-order valence-electron chi connectivity index (χ0n) is 13.0. The highest BCUT2D eigenvalue weighted by Crippen LogP contribution is 2.33. The van der Waals surface area contributed by atoms with E-state index in [-0.39, 0.29) is 17.0 Å². The van der Waals surface area contributed by atoms with Crippen molar-refractivity contribution in [2.75, 3.05) is 0 Å². The van der Waals surface area contributed by atoms with Gasteiger partial charge in [0.15, 0.2) is 10.9 Å². The summed E-state index contributed by atoms with van der Waals surface area (Å²) in [5, 5.41) is 11.8. The maximum Gasteiger partial charge on any atom is 0.270 e. The Morgan fingerprint density at radius 2 is 1.96 bits per heavy atom. The van der Waals surface area contributed by atoms with Crippen LogP contribution in [0.25, 0.3) is 0 Å². The van der Waals surface area contributed by atoms with Crippen LogP contribution >= 0.6 is 27.7 Å². The number of hydrogen-bond donors (Lipinski definition) is 0. The second-order valence-corrected chi connectivity index (χ2v) is 7.12. The zero-order valence-corrected chi connectivity index (χ0v) is 15.5. The Hall–Kier alpha value is -2.45. The van der Waals surface area contributed by atoms with Crippen LogP contribution in [-0.2, 0) is 7.05 Å². The molecule has 3 aromatic rings. The molecule has 25 heavy (non-hydrogen) atoms. The van der Waals surface area contributed by atoms with E-state index < -0.39 is 4.92 Å². The Kier molecular flexibility index (Phi) is 5.00. The van der Waals surface area contributed by atoms with Crippen LogP contribution in [0.2, 0.25) is 0 Å². The van der Waals surface area contributed by atoms with Gasteiger partial charge in [-0.1, -0.05) is 27.7 Å². The van der Waals surface area contributed by atoms with Crippen molar-refractivity contribution in [2.45, 2.75) is 10.1 Å². The maximum atomic E-state index is 12.9. The zero-order chi connectivity index (χ0) is 18.0. The lowest BCUT2D eigenvalue weighted by Crippen LogP contribution is -2.04. The van der Waals surface area contributed by atoms with E-state index in [0.717, 1.165) is 4.47 Å². The second-order valence-electron chi connectivity index (χ2n) is 5.20. The first-order valence-corrected chi connectivity index (χ1v) is 8.80. The van der Waals surface area contributed by atoms with Gasteiger partial charge in [-0.05, 0) is 30.3 Å². The molecule has 0 unspecified atom stereocenters. The van der Waals surface area contributed by atoms with E-state index >= 15 is 0 Å². The smallest absolute Gasteiger partial charge is 0.270 e. The van der Waals surface area contributed by atoms with E-state index in [1.807, 2.05) is 11.6 Å². The first kappa shape index (κ1) is 17.4. The fraction of sp³-hybridized carbons (Fsp3) is 0.0588. The predicted octanol–water partition coefficient (Wildman–Crippen LogP) is 4.47. The first-order chi connectivity index (χ1) is 12.0. The summed E-state index contributed by atoms with van der Waals surface area (Å²) in [5.41, 5.74) is 0.625. The van der Waals surface area contributed by atoms with Crippen LogP contribution in [0, 0.1) is 10.1 Å². The van der Waals surface area contributed by atoms with Crippen LogP contribution in [0.1, 0.15) is 15.9 Å². The lowest BCUT2D eigenvalue weighted by molar-refractivity contribution is -0.384. The highest BCUT2D eigenvalue weighted by Gasteiger charge is 2.20. The summed E-state index contributed by atoms with van der Waals surface area (Å²) in [5.74, 6) is -0.270. The molecule has 0 atom stereocenters. The number of aryl methyl sites for hydroxylation is 1. The van der Waals surface area contributed by atoms with Gasteiger partial charge in [0.1, 0.15) is 0 Å². The molecule has 0 fully saturated rings. The molecular weight excluding hydrogens is 406 g/mol. The van der Waals surface area contributed by atoms with Crippen molar-refractivity contribution in [1.82, 2.24) is 9.55 Å². The molecule has 6 nitrogen and oxygen atoms in total. The van der Waals surface area contributed by atoms with E-state index in [4.69, 9.17) is 0 Å². The second kappa shape index (κ2) is 7.20. The number of nitro groups is 1. The molecule has 2 aromatic carbocycles. The molecule has 0 bridgehead atoms. The topological polar surface area (TPSA) is 78.0 Å². The van der Waals surface area contributed by atoms with Crippen LogP contribution in [0.3, 0.4) is 0 Å². The molecule has 0 amide bonds. The van der Waals surface area contributed by atoms with Crippen molar-refractivity contribution in [3.63, 3.8) is 0 Å². The number of aromatic nitrogens is 2. The third-order valence-corrected chi connectivity index (χ3v) is 5.18. The molecule has 126 valence electrons. The summed E-state index contributed by atoms with van der Waals surface area (Å²) in [6.07, 6.45) is 3.45. The standard InChI is InChI=1S/C17H12BrN3O3S/c1-20-9-8-19-17(20)25-15-7-6-13(21(23)24)10-14(15)16(22)11-2-4-12(18)5-3-11/h2-10H,1H3.